The van der Waals surface area contributed by atoms with Gasteiger partial charge in [0.15, 0.2) is 0 Å². The van der Waals surface area contributed by atoms with Crippen LogP contribution in [0.2, 0.25) is 0 Å². The molecule has 1 N–H and O–H groups in total. The molecular formula is C11H20N4S. The van der Waals surface area contributed by atoms with Gasteiger partial charge in [-0.15, -0.1) is 10.2 Å². The summed E-state index contributed by atoms with van der Waals surface area (Å²) in [5.74, 6) is 0.796. The lowest BCUT2D eigenvalue weighted by molar-refractivity contribution is 0.226. The Labute approximate surface area is 101 Å². The summed E-state index contributed by atoms with van der Waals surface area (Å²) in [5, 5.41) is 13.8. The van der Waals surface area contributed by atoms with Gasteiger partial charge in [-0.3, -0.25) is 0 Å². The Hall–Kier alpha value is -0.680. The van der Waals surface area contributed by atoms with Gasteiger partial charge in [-0.25, -0.2) is 0 Å². The second-order valence-electron chi connectivity index (χ2n) is 4.48. The van der Waals surface area contributed by atoms with Gasteiger partial charge in [0.1, 0.15) is 5.01 Å². The molecule has 90 valence electrons. The standard InChI is InChI=1S/C11H20N4S/c1-3-10-13-14-11(16-10)12-8-9-4-6-15(2)7-5-9/h9H,3-8H2,1-2H3,(H,12,14). The number of nitrogens with one attached hydrogen (secondary N) is 1. The van der Waals surface area contributed by atoms with Crippen molar-refractivity contribution in [3.05, 3.63) is 5.01 Å². The summed E-state index contributed by atoms with van der Waals surface area (Å²) in [6, 6.07) is 0. The van der Waals surface area contributed by atoms with Crippen LogP contribution in [0.3, 0.4) is 0 Å². The zero-order valence-corrected chi connectivity index (χ0v) is 10.9. The molecule has 1 aromatic heterocycles. The zero-order valence-electron chi connectivity index (χ0n) is 10.1. The highest BCUT2D eigenvalue weighted by Crippen LogP contribution is 2.19. The van der Waals surface area contributed by atoms with Crippen LogP contribution in [0.25, 0.3) is 0 Å². The second kappa shape index (κ2) is 5.59. The lowest BCUT2D eigenvalue weighted by Crippen LogP contribution is -2.32. The van der Waals surface area contributed by atoms with Crippen LogP contribution in [0.5, 0.6) is 0 Å². The molecule has 1 saturated heterocycles. The predicted molar refractivity (Wildman–Crippen MR) is 68.0 cm³/mol. The van der Waals surface area contributed by atoms with Crippen molar-refractivity contribution >= 4 is 16.5 Å². The number of rotatable bonds is 4. The van der Waals surface area contributed by atoms with Crippen LogP contribution >= 0.6 is 11.3 Å². The normalized spacial score (nSPS) is 18.9. The molecule has 0 amide bonds. The highest BCUT2D eigenvalue weighted by atomic mass is 32.1. The molecule has 4 nitrogen and oxygen atoms in total. The van der Waals surface area contributed by atoms with Gasteiger partial charge in [0, 0.05) is 6.54 Å². The van der Waals surface area contributed by atoms with E-state index in [0.717, 1.165) is 29.0 Å². The molecule has 1 aromatic rings. The van der Waals surface area contributed by atoms with Gasteiger partial charge in [-0.2, -0.15) is 0 Å². The fraction of sp³-hybridized carbons (Fsp3) is 0.818. The van der Waals surface area contributed by atoms with E-state index >= 15 is 0 Å². The quantitative estimate of drug-likeness (QED) is 0.872. The Morgan fingerprint density at radius 2 is 2.12 bits per heavy atom. The van der Waals surface area contributed by atoms with Crippen molar-refractivity contribution in [3.8, 4) is 0 Å². The first-order valence-corrected chi connectivity index (χ1v) is 6.84. The monoisotopic (exact) mass is 240 g/mol. The molecule has 16 heavy (non-hydrogen) atoms. The Kier molecular flexibility index (Phi) is 4.12. The van der Waals surface area contributed by atoms with E-state index < -0.39 is 0 Å². The second-order valence-corrected chi connectivity index (χ2v) is 5.54. The summed E-state index contributed by atoms with van der Waals surface area (Å²) in [7, 11) is 2.20. The van der Waals surface area contributed by atoms with Crippen LogP contribution < -0.4 is 5.32 Å². The maximum Gasteiger partial charge on any atom is 0.205 e. The fourth-order valence-electron chi connectivity index (χ4n) is 1.97. The fourth-order valence-corrected chi connectivity index (χ4v) is 2.65. The van der Waals surface area contributed by atoms with E-state index in [-0.39, 0.29) is 0 Å². The first-order valence-electron chi connectivity index (χ1n) is 6.02. The minimum absolute atomic E-state index is 0.796. The van der Waals surface area contributed by atoms with Gasteiger partial charge >= 0.3 is 0 Å². The van der Waals surface area contributed by atoms with Crippen molar-refractivity contribution in [1.82, 2.24) is 15.1 Å². The Morgan fingerprint density at radius 3 is 2.75 bits per heavy atom. The third kappa shape index (κ3) is 3.15. The smallest absolute Gasteiger partial charge is 0.205 e. The largest absolute Gasteiger partial charge is 0.360 e. The Balaban J connectivity index is 1.74. The van der Waals surface area contributed by atoms with Crippen molar-refractivity contribution < 1.29 is 0 Å². The summed E-state index contributed by atoms with van der Waals surface area (Å²) in [5.41, 5.74) is 0. The van der Waals surface area contributed by atoms with Gasteiger partial charge in [-0.1, -0.05) is 18.3 Å². The third-order valence-electron chi connectivity index (χ3n) is 3.15. The van der Waals surface area contributed by atoms with Crippen molar-refractivity contribution in [2.45, 2.75) is 26.2 Å². The van der Waals surface area contributed by atoms with Gasteiger partial charge in [0.05, 0.1) is 0 Å². The molecule has 5 heteroatoms. The minimum atomic E-state index is 0.796. The van der Waals surface area contributed by atoms with E-state index in [1.165, 1.54) is 25.9 Å². The maximum atomic E-state index is 4.13. The number of aromatic nitrogens is 2. The summed E-state index contributed by atoms with van der Waals surface area (Å²) in [4.78, 5) is 2.40. The van der Waals surface area contributed by atoms with Crippen molar-refractivity contribution in [3.63, 3.8) is 0 Å². The van der Waals surface area contributed by atoms with Crippen LogP contribution in [0, 0.1) is 5.92 Å². The van der Waals surface area contributed by atoms with Crippen molar-refractivity contribution in [1.29, 1.82) is 0 Å². The molecule has 0 radical (unpaired) electrons. The van der Waals surface area contributed by atoms with E-state index in [4.69, 9.17) is 0 Å². The number of piperidine rings is 1. The van der Waals surface area contributed by atoms with Crippen LogP contribution in [0.15, 0.2) is 0 Å². The Morgan fingerprint density at radius 1 is 1.38 bits per heavy atom. The molecule has 0 unspecified atom stereocenters. The molecule has 1 aliphatic heterocycles. The van der Waals surface area contributed by atoms with Gasteiger partial charge in [0.2, 0.25) is 5.13 Å². The maximum absolute atomic E-state index is 4.13. The molecule has 0 atom stereocenters. The molecule has 0 saturated carbocycles. The molecule has 2 rings (SSSR count). The molecular weight excluding hydrogens is 220 g/mol. The minimum Gasteiger partial charge on any atom is -0.360 e. The molecule has 0 spiro atoms. The van der Waals surface area contributed by atoms with E-state index in [0.29, 0.717) is 0 Å². The van der Waals surface area contributed by atoms with Crippen molar-refractivity contribution in [2.75, 3.05) is 32.0 Å². The van der Waals surface area contributed by atoms with Gasteiger partial charge < -0.3 is 10.2 Å². The lowest BCUT2D eigenvalue weighted by atomic mass is 9.97. The van der Waals surface area contributed by atoms with Crippen LogP contribution in [0.4, 0.5) is 5.13 Å². The van der Waals surface area contributed by atoms with E-state index in [2.05, 4.69) is 34.4 Å². The third-order valence-corrected chi connectivity index (χ3v) is 4.17. The number of hydrogen-bond donors (Lipinski definition) is 1. The number of nitrogens with zero attached hydrogens (tertiary/aromatic N) is 3. The summed E-state index contributed by atoms with van der Waals surface area (Å²) >= 11 is 1.68. The topological polar surface area (TPSA) is 41.1 Å². The average molecular weight is 240 g/mol. The molecule has 1 fully saturated rings. The van der Waals surface area contributed by atoms with Crippen LogP contribution in [0.1, 0.15) is 24.8 Å². The molecule has 2 heterocycles. The zero-order chi connectivity index (χ0) is 11.4. The Bertz CT molecular complexity index is 318. The number of aryl methyl sites for hydroxylation is 1. The van der Waals surface area contributed by atoms with Gasteiger partial charge in [0.25, 0.3) is 0 Å². The molecule has 0 aliphatic carbocycles. The van der Waals surface area contributed by atoms with E-state index in [1.54, 1.807) is 11.3 Å². The highest BCUT2D eigenvalue weighted by Gasteiger charge is 2.16. The first-order chi connectivity index (χ1) is 7.78. The van der Waals surface area contributed by atoms with Gasteiger partial charge in [-0.05, 0) is 45.3 Å². The number of likely N-dealkylation sites (tertiary alicyclic amines) is 1. The van der Waals surface area contributed by atoms with E-state index in [9.17, 15) is 0 Å². The molecule has 0 aromatic carbocycles. The predicted octanol–water partition coefficient (Wildman–Crippen LogP) is 1.85. The lowest BCUT2D eigenvalue weighted by Gasteiger charge is -2.28. The molecule has 1 aliphatic rings. The summed E-state index contributed by atoms with van der Waals surface area (Å²) in [6.45, 7) is 5.61. The SMILES string of the molecule is CCc1nnc(NCC2CCN(C)CC2)s1. The summed E-state index contributed by atoms with van der Waals surface area (Å²) in [6.07, 6.45) is 3.57. The highest BCUT2D eigenvalue weighted by molar-refractivity contribution is 7.15. The van der Waals surface area contributed by atoms with Crippen LogP contribution in [-0.4, -0.2) is 41.8 Å². The van der Waals surface area contributed by atoms with Crippen molar-refractivity contribution in [2.24, 2.45) is 5.92 Å². The first kappa shape index (κ1) is 11.8. The summed E-state index contributed by atoms with van der Waals surface area (Å²) < 4.78 is 0. The number of hydrogen-bond acceptors (Lipinski definition) is 5. The average Bonchev–Trinajstić information content (AvgIpc) is 2.76. The van der Waals surface area contributed by atoms with E-state index in [1.807, 2.05) is 0 Å². The van der Waals surface area contributed by atoms with Crippen LogP contribution in [-0.2, 0) is 6.42 Å². The number of anilines is 1. The molecule has 0 bridgehead atoms.